The molecule has 1 saturated carbocycles. The number of rotatable bonds is 4. The van der Waals surface area contributed by atoms with Gasteiger partial charge < -0.3 is 20.4 Å². The van der Waals surface area contributed by atoms with Crippen LogP contribution in [0.1, 0.15) is 18.3 Å². The van der Waals surface area contributed by atoms with Crippen LogP contribution >= 0.6 is 11.6 Å². The molecule has 8 heteroatoms. The van der Waals surface area contributed by atoms with Crippen molar-refractivity contribution >= 4 is 28.5 Å². The molecule has 7 nitrogen and oxygen atoms in total. The highest BCUT2D eigenvalue weighted by molar-refractivity contribution is 6.37. The molecule has 140 valence electrons. The van der Waals surface area contributed by atoms with Gasteiger partial charge in [-0.1, -0.05) is 18.5 Å². The number of pyridine rings is 1. The van der Waals surface area contributed by atoms with Crippen LogP contribution in [0, 0.1) is 18.8 Å². The van der Waals surface area contributed by atoms with Gasteiger partial charge in [0, 0.05) is 30.5 Å². The second-order valence-electron chi connectivity index (χ2n) is 7.37. The summed E-state index contributed by atoms with van der Waals surface area (Å²) < 4.78 is 5.88. The number of nitrogens with one attached hydrogen (secondary N) is 1. The van der Waals surface area contributed by atoms with E-state index in [2.05, 4.69) is 26.8 Å². The van der Waals surface area contributed by atoms with Crippen LogP contribution in [0.5, 0.6) is 11.8 Å². The van der Waals surface area contributed by atoms with Crippen molar-refractivity contribution in [3.63, 3.8) is 0 Å². The molecule has 1 aliphatic carbocycles. The number of ether oxygens (including phenoxy) is 1. The number of aryl methyl sites for hydroxylation is 2. The second-order valence-corrected chi connectivity index (χ2v) is 7.75. The number of halogens is 1. The molecule has 3 N–H and O–H groups in total. The lowest BCUT2D eigenvalue weighted by molar-refractivity contribution is 0.441. The normalized spacial score (nSPS) is 23.7. The Morgan fingerprint density at radius 1 is 1.30 bits per heavy atom. The van der Waals surface area contributed by atoms with E-state index >= 15 is 0 Å². The third-order valence-electron chi connectivity index (χ3n) is 5.63. The van der Waals surface area contributed by atoms with Crippen LogP contribution in [0.3, 0.4) is 0 Å². The summed E-state index contributed by atoms with van der Waals surface area (Å²) in [4.78, 5) is 19.1. The molecule has 0 bridgehead atoms. The minimum atomic E-state index is 0.286. The highest BCUT2D eigenvalue weighted by atomic mass is 35.5. The summed E-state index contributed by atoms with van der Waals surface area (Å²) in [6.45, 7) is 5.78. The Morgan fingerprint density at radius 3 is 2.74 bits per heavy atom. The monoisotopic (exact) mass is 384 g/mol. The SMILES string of the molecule is CCc1[nH]c2nc(Oc3ccc(C)nc3)nc(N3CC4C(N)C4C3)c2c1Cl. The lowest BCUT2D eigenvalue weighted by Crippen LogP contribution is -2.29. The van der Waals surface area contributed by atoms with Crippen LogP contribution in [0.4, 0.5) is 5.82 Å². The number of aromatic amines is 1. The summed E-state index contributed by atoms with van der Waals surface area (Å²) in [5.41, 5.74) is 8.68. The molecule has 3 aromatic rings. The molecule has 1 saturated heterocycles. The first-order chi connectivity index (χ1) is 13.0. The van der Waals surface area contributed by atoms with Gasteiger partial charge in [0.25, 0.3) is 0 Å². The van der Waals surface area contributed by atoms with Gasteiger partial charge in [0.05, 0.1) is 16.6 Å². The first-order valence-corrected chi connectivity index (χ1v) is 9.62. The van der Waals surface area contributed by atoms with E-state index in [-0.39, 0.29) is 6.01 Å². The third-order valence-corrected chi connectivity index (χ3v) is 6.05. The molecule has 5 rings (SSSR count). The van der Waals surface area contributed by atoms with E-state index in [0.29, 0.717) is 34.3 Å². The summed E-state index contributed by atoms with van der Waals surface area (Å²) in [6, 6.07) is 4.36. The molecule has 0 radical (unpaired) electrons. The zero-order valence-corrected chi connectivity index (χ0v) is 16.0. The fourth-order valence-corrected chi connectivity index (χ4v) is 4.31. The van der Waals surface area contributed by atoms with E-state index in [4.69, 9.17) is 27.1 Å². The third kappa shape index (κ3) is 2.73. The largest absolute Gasteiger partial charge is 0.423 e. The Kier molecular flexibility index (Phi) is 3.77. The Labute approximate surface area is 161 Å². The molecule has 2 aliphatic rings. The van der Waals surface area contributed by atoms with Gasteiger partial charge in [-0.05, 0) is 37.3 Å². The average Bonchev–Trinajstić information content (AvgIpc) is 3.02. The number of aromatic nitrogens is 4. The number of nitrogens with zero attached hydrogens (tertiary/aromatic N) is 4. The Hall–Kier alpha value is -2.38. The first kappa shape index (κ1) is 16.8. The Morgan fingerprint density at radius 2 is 2.07 bits per heavy atom. The van der Waals surface area contributed by atoms with Gasteiger partial charge in [0.1, 0.15) is 17.2 Å². The maximum absolute atomic E-state index is 6.63. The highest BCUT2D eigenvalue weighted by Crippen LogP contribution is 2.47. The zero-order valence-electron chi connectivity index (χ0n) is 15.2. The summed E-state index contributed by atoms with van der Waals surface area (Å²) in [7, 11) is 0. The summed E-state index contributed by atoms with van der Waals surface area (Å²) in [6.07, 6.45) is 2.47. The Bertz CT molecular complexity index is 1010. The lowest BCUT2D eigenvalue weighted by Gasteiger charge is -2.21. The van der Waals surface area contributed by atoms with Crippen LogP contribution in [0.25, 0.3) is 11.0 Å². The number of hydrogen-bond donors (Lipinski definition) is 2. The van der Waals surface area contributed by atoms with Crippen LogP contribution < -0.4 is 15.4 Å². The van der Waals surface area contributed by atoms with E-state index < -0.39 is 0 Å². The molecular weight excluding hydrogens is 364 g/mol. The molecule has 0 amide bonds. The van der Waals surface area contributed by atoms with Gasteiger partial charge in [-0.15, -0.1) is 0 Å². The van der Waals surface area contributed by atoms with Crippen molar-refractivity contribution in [1.82, 2.24) is 19.9 Å². The number of hydrogen-bond acceptors (Lipinski definition) is 6. The van der Waals surface area contributed by atoms with Crippen molar-refractivity contribution in [3.05, 3.63) is 34.7 Å². The van der Waals surface area contributed by atoms with E-state index in [1.54, 1.807) is 6.20 Å². The maximum Gasteiger partial charge on any atom is 0.326 e. The first-order valence-electron chi connectivity index (χ1n) is 9.24. The molecule has 4 heterocycles. The number of anilines is 1. The van der Waals surface area contributed by atoms with Gasteiger partial charge in [0.15, 0.2) is 0 Å². The molecule has 0 aromatic carbocycles. The van der Waals surface area contributed by atoms with E-state index in [9.17, 15) is 0 Å². The molecule has 2 atom stereocenters. The molecular formula is C19H21ClN6O. The smallest absolute Gasteiger partial charge is 0.326 e. The minimum Gasteiger partial charge on any atom is -0.423 e. The standard InChI is InChI=1S/C19H21ClN6O/c1-3-13-15(20)14-17(23-13)24-19(27-10-5-4-9(2)22-6-10)25-18(14)26-7-11-12(8-26)16(11)21/h4-6,11-12,16H,3,7-8,21H2,1-2H3,(H,23,24,25). The number of fused-ring (bicyclic) bond motifs is 2. The number of nitrogens with two attached hydrogens (primary N) is 1. The fraction of sp³-hybridized carbons (Fsp3) is 0.421. The van der Waals surface area contributed by atoms with Crippen molar-refractivity contribution in [3.8, 4) is 11.8 Å². The van der Waals surface area contributed by atoms with Crippen LogP contribution in [-0.4, -0.2) is 39.1 Å². The Balaban J connectivity index is 1.57. The highest BCUT2D eigenvalue weighted by Gasteiger charge is 2.54. The fourth-order valence-electron chi connectivity index (χ4n) is 3.95. The molecule has 3 aromatic heterocycles. The maximum atomic E-state index is 6.63. The molecule has 2 fully saturated rings. The number of H-pyrrole nitrogens is 1. The molecule has 2 unspecified atom stereocenters. The van der Waals surface area contributed by atoms with E-state index in [0.717, 1.165) is 42.1 Å². The van der Waals surface area contributed by atoms with Crippen molar-refractivity contribution in [2.75, 3.05) is 18.0 Å². The van der Waals surface area contributed by atoms with Crippen LogP contribution in [0.2, 0.25) is 5.02 Å². The molecule has 0 spiro atoms. The zero-order chi connectivity index (χ0) is 18.7. The average molecular weight is 385 g/mol. The predicted octanol–water partition coefficient (Wildman–Crippen LogP) is 3.06. The van der Waals surface area contributed by atoms with Crippen molar-refractivity contribution in [1.29, 1.82) is 0 Å². The second kappa shape index (κ2) is 6.07. The van der Waals surface area contributed by atoms with E-state index in [1.165, 1.54) is 0 Å². The van der Waals surface area contributed by atoms with Crippen molar-refractivity contribution in [2.24, 2.45) is 17.6 Å². The van der Waals surface area contributed by atoms with Gasteiger partial charge >= 0.3 is 6.01 Å². The molecule has 1 aliphatic heterocycles. The van der Waals surface area contributed by atoms with Gasteiger partial charge in [-0.25, -0.2) is 0 Å². The topological polar surface area (TPSA) is 92.9 Å². The number of piperidine rings is 1. The van der Waals surface area contributed by atoms with Crippen molar-refractivity contribution in [2.45, 2.75) is 26.3 Å². The van der Waals surface area contributed by atoms with Crippen LogP contribution in [0.15, 0.2) is 18.3 Å². The summed E-state index contributed by atoms with van der Waals surface area (Å²) in [5.74, 6) is 2.51. The molecule has 27 heavy (non-hydrogen) atoms. The van der Waals surface area contributed by atoms with Gasteiger partial charge in [-0.3, -0.25) is 4.98 Å². The van der Waals surface area contributed by atoms with Gasteiger partial charge in [0.2, 0.25) is 0 Å². The summed E-state index contributed by atoms with van der Waals surface area (Å²) in [5, 5.41) is 1.55. The van der Waals surface area contributed by atoms with Gasteiger partial charge in [-0.2, -0.15) is 9.97 Å². The summed E-state index contributed by atoms with van der Waals surface area (Å²) >= 11 is 6.63. The van der Waals surface area contributed by atoms with Crippen molar-refractivity contribution < 1.29 is 4.74 Å². The predicted molar refractivity (Wildman–Crippen MR) is 104 cm³/mol. The van der Waals surface area contributed by atoms with Crippen LogP contribution in [-0.2, 0) is 6.42 Å². The quantitative estimate of drug-likeness (QED) is 0.718. The minimum absolute atomic E-state index is 0.286. The van der Waals surface area contributed by atoms with E-state index in [1.807, 2.05) is 19.1 Å². The lowest BCUT2D eigenvalue weighted by atomic mass is 10.2.